The smallest absolute Gasteiger partial charge is 0.229 e. The fourth-order valence-electron chi connectivity index (χ4n) is 2.91. The maximum Gasteiger partial charge on any atom is 0.229 e. The third kappa shape index (κ3) is 3.63. The molecule has 0 unspecified atom stereocenters. The zero-order valence-corrected chi connectivity index (χ0v) is 14.1. The summed E-state index contributed by atoms with van der Waals surface area (Å²) in [4.78, 5) is 26.3. The van der Waals surface area contributed by atoms with Crippen molar-refractivity contribution < 1.29 is 18.7 Å². The molecule has 3 rings (SSSR count). The number of rotatable bonds is 4. The molecule has 0 radical (unpaired) electrons. The number of carbonyl (C=O) groups is 2. The van der Waals surface area contributed by atoms with E-state index in [-0.39, 0.29) is 30.6 Å². The molecular formula is C19H19FN2O3. The Morgan fingerprint density at radius 2 is 1.96 bits per heavy atom. The van der Waals surface area contributed by atoms with E-state index in [1.54, 1.807) is 6.07 Å². The molecule has 2 aromatic carbocycles. The Kier molecular flexibility index (Phi) is 4.70. The number of benzene rings is 2. The maximum atomic E-state index is 13.0. The Morgan fingerprint density at radius 1 is 1.24 bits per heavy atom. The van der Waals surface area contributed by atoms with Crippen LogP contribution in [0.15, 0.2) is 42.5 Å². The van der Waals surface area contributed by atoms with Crippen LogP contribution in [-0.2, 0) is 9.59 Å². The number of hydrogen-bond acceptors (Lipinski definition) is 3. The van der Waals surface area contributed by atoms with Crippen LogP contribution in [0.5, 0.6) is 5.75 Å². The molecule has 1 fully saturated rings. The van der Waals surface area contributed by atoms with Gasteiger partial charge in [0.15, 0.2) is 0 Å². The first kappa shape index (κ1) is 17.0. The van der Waals surface area contributed by atoms with Gasteiger partial charge < -0.3 is 15.0 Å². The highest BCUT2D eigenvalue weighted by molar-refractivity contribution is 6.03. The van der Waals surface area contributed by atoms with Crippen LogP contribution in [0.1, 0.15) is 12.0 Å². The first-order valence-corrected chi connectivity index (χ1v) is 7.99. The second-order valence-corrected chi connectivity index (χ2v) is 6.07. The van der Waals surface area contributed by atoms with Gasteiger partial charge in [-0.15, -0.1) is 0 Å². The number of aryl methyl sites for hydroxylation is 1. The van der Waals surface area contributed by atoms with Gasteiger partial charge in [0.05, 0.1) is 18.7 Å². The van der Waals surface area contributed by atoms with Crippen molar-refractivity contribution in [1.82, 2.24) is 0 Å². The first-order valence-electron chi connectivity index (χ1n) is 7.99. The monoisotopic (exact) mass is 342 g/mol. The molecule has 1 N–H and O–H groups in total. The standard InChI is InChI=1S/C19H19FN2O3/c1-12-3-8-17(25-2)16(9-12)21-19(24)13-10-18(23)22(11-13)15-6-4-14(20)5-7-15/h3-9,13H,10-11H2,1-2H3,(H,21,24)/t13-/m0/s1. The molecule has 5 nitrogen and oxygen atoms in total. The third-order valence-electron chi connectivity index (χ3n) is 4.25. The van der Waals surface area contributed by atoms with Crippen LogP contribution in [0.3, 0.4) is 0 Å². The first-order chi connectivity index (χ1) is 12.0. The van der Waals surface area contributed by atoms with Crippen molar-refractivity contribution in [2.45, 2.75) is 13.3 Å². The van der Waals surface area contributed by atoms with Crippen LogP contribution < -0.4 is 15.0 Å². The van der Waals surface area contributed by atoms with E-state index in [1.807, 2.05) is 19.1 Å². The van der Waals surface area contributed by atoms with Gasteiger partial charge in [-0.3, -0.25) is 9.59 Å². The highest BCUT2D eigenvalue weighted by Gasteiger charge is 2.35. The second kappa shape index (κ2) is 6.93. The number of amides is 2. The quantitative estimate of drug-likeness (QED) is 0.929. The summed E-state index contributed by atoms with van der Waals surface area (Å²) in [6.45, 7) is 2.19. The molecule has 2 aromatic rings. The minimum atomic E-state index is -0.470. The molecule has 1 aliphatic rings. The lowest BCUT2D eigenvalue weighted by Crippen LogP contribution is -2.28. The summed E-state index contributed by atoms with van der Waals surface area (Å²) >= 11 is 0. The summed E-state index contributed by atoms with van der Waals surface area (Å²) in [5.74, 6) is -0.650. The van der Waals surface area contributed by atoms with E-state index >= 15 is 0 Å². The minimum absolute atomic E-state index is 0.122. The molecule has 0 saturated carbocycles. The molecule has 0 spiro atoms. The third-order valence-corrected chi connectivity index (χ3v) is 4.25. The average Bonchev–Trinajstić information content (AvgIpc) is 2.98. The number of methoxy groups -OCH3 is 1. The predicted molar refractivity (Wildman–Crippen MR) is 93.2 cm³/mol. The van der Waals surface area contributed by atoms with E-state index in [0.717, 1.165) is 5.56 Å². The van der Waals surface area contributed by atoms with Gasteiger partial charge >= 0.3 is 0 Å². The number of ether oxygens (including phenoxy) is 1. The highest BCUT2D eigenvalue weighted by atomic mass is 19.1. The number of hydrogen-bond donors (Lipinski definition) is 1. The molecule has 2 amide bonds. The Bertz CT molecular complexity index is 805. The molecule has 6 heteroatoms. The van der Waals surface area contributed by atoms with Crippen LogP contribution in [0.2, 0.25) is 0 Å². The van der Waals surface area contributed by atoms with Gasteiger partial charge in [-0.25, -0.2) is 4.39 Å². The van der Waals surface area contributed by atoms with Crippen LogP contribution in [0, 0.1) is 18.7 Å². The Balaban J connectivity index is 1.73. The second-order valence-electron chi connectivity index (χ2n) is 6.07. The van der Waals surface area contributed by atoms with Gasteiger partial charge in [0, 0.05) is 18.7 Å². The predicted octanol–water partition coefficient (Wildman–Crippen LogP) is 3.13. The largest absolute Gasteiger partial charge is 0.495 e. The van der Waals surface area contributed by atoms with Gasteiger partial charge in [0.2, 0.25) is 11.8 Å². The molecule has 0 aliphatic carbocycles. The molecular weight excluding hydrogens is 323 g/mol. The molecule has 0 aromatic heterocycles. The number of nitrogens with zero attached hydrogens (tertiary/aromatic N) is 1. The molecule has 25 heavy (non-hydrogen) atoms. The van der Waals surface area contributed by atoms with E-state index in [0.29, 0.717) is 17.1 Å². The summed E-state index contributed by atoms with van der Waals surface area (Å²) in [5.41, 5.74) is 2.17. The summed E-state index contributed by atoms with van der Waals surface area (Å²) < 4.78 is 18.3. The van der Waals surface area contributed by atoms with Crippen molar-refractivity contribution in [2.75, 3.05) is 23.9 Å². The summed E-state index contributed by atoms with van der Waals surface area (Å²) in [6.07, 6.45) is 0.122. The SMILES string of the molecule is COc1ccc(C)cc1NC(=O)[C@H]1CC(=O)N(c2ccc(F)cc2)C1. The zero-order chi connectivity index (χ0) is 18.0. The van der Waals surface area contributed by atoms with Crippen molar-refractivity contribution in [3.8, 4) is 5.75 Å². The fourth-order valence-corrected chi connectivity index (χ4v) is 2.91. The molecule has 1 aliphatic heterocycles. The van der Waals surface area contributed by atoms with E-state index < -0.39 is 5.92 Å². The summed E-state index contributed by atoms with van der Waals surface area (Å²) in [7, 11) is 1.54. The minimum Gasteiger partial charge on any atom is -0.495 e. The van der Waals surface area contributed by atoms with E-state index in [9.17, 15) is 14.0 Å². The number of carbonyl (C=O) groups excluding carboxylic acids is 2. The van der Waals surface area contributed by atoms with Crippen LogP contribution >= 0.6 is 0 Å². The van der Waals surface area contributed by atoms with Gasteiger partial charge in [-0.1, -0.05) is 6.07 Å². The fraction of sp³-hybridized carbons (Fsp3) is 0.263. The number of halogens is 1. The van der Waals surface area contributed by atoms with Crippen LogP contribution in [0.25, 0.3) is 0 Å². The Hall–Kier alpha value is -2.89. The Morgan fingerprint density at radius 3 is 2.64 bits per heavy atom. The molecule has 1 heterocycles. The summed E-state index contributed by atoms with van der Waals surface area (Å²) in [5, 5.41) is 2.84. The average molecular weight is 342 g/mol. The molecule has 130 valence electrons. The van der Waals surface area contributed by atoms with Crippen molar-refractivity contribution in [3.05, 3.63) is 53.8 Å². The molecule has 0 bridgehead atoms. The van der Waals surface area contributed by atoms with E-state index in [2.05, 4.69) is 5.32 Å². The number of anilines is 2. The van der Waals surface area contributed by atoms with Gasteiger partial charge in [0.25, 0.3) is 0 Å². The molecule has 1 atom stereocenters. The molecule has 1 saturated heterocycles. The van der Waals surface area contributed by atoms with Crippen molar-refractivity contribution in [2.24, 2.45) is 5.92 Å². The van der Waals surface area contributed by atoms with E-state index in [4.69, 9.17) is 4.74 Å². The highest BCUT2D eigenvalue weighted by Crippen LogP contribution is 2.29. The lowest BCUT2D eigenvalue weighted by Gasteiger charge is -2.17. The Labute approximate surface area is 145 Å². The lowest BCUT2D eigenvalue weighted by atomic mass is 10.1. The van der Waals surface area contributed by atoms with Crippen molar-refractivity contribution >= 4 is 23.2 Å². The van der Waals surface area contributed by atoms with Crippen molar-refractivity contribution in [3.63, 3.8) is 0 Å². The van der Waals surface area contributed by atoms with Gasteiger partial charge in [-0.2, -0.15) is 0 Å². The zero-order valence-electron chi connectivity index (χ0n) is 14.1. The van der Waals surface area contributed by atoms with Crippen molar-refractivity contribution in [1.29, 1.82) is 0 Å². The van der Waals surface area contributed by atoms with Crippen LogP contribution in [-0.4, -0.2) is 25.5 Å². The maximum absolute atomic E-state index is 13.0. The van der Waals surface area contributed by atoms with Gasteiger partial charge in [-0.05, 0) is 48.9 Å². The summed E-state index contributed by atoms with van der Waals surface area (Å²) in [6, 6.07) is 11.2. The van der Waals surface area contributed by atoms with Gasteiger partial charge in [0.1, 0.15) is 11.6 Å². The normalized spacial score (nSPS) is 16.8. The van der Waals surface area contributed by atoms with E-state index in [1.165, 1.54) is 36.3 Å². The number of nitrogens with one attached hydrogen (secondary N) is 1. The lowest BCUT2D eigenvalue weighted by molar-refractivity contribution is -0.122. The topological polar surface area (TPSA) is 58.6 Å². The van der Waals surface area contributed by atoms with Crippen LogP contribution in [0.4, 0.5) is 15.8 Å².